The van der Waals surface area contributed by atoms with Crippen molar-refractivity contribution in [1.29, 1.82) is 0 Å². The summed E-state index contributed by atoms with van der Waals surface area (Å²) in [5, 5.41) is 4.13. The molecule has 134 valence electrons. The fraction of sp³-hybridized carbons (Fsp3) is 0.400. The Kier molecular flexibility index (Phi) is 7.34. The smallest absolute Gasteiger partial charge is 0.173 e. The van der Waals surface area contributed by atoms with Gasteiger partial charge in [0, 0.05) is 38.3 Å². The minimum Gasteiger partial charge on any atom is -0.385 e. The van der Waals surface area contributed by atoms with Crippen molar-refractivity contribution in [2.45, 2.75) is 33.2 Å². The van der Waals surface area contributed by atoms with Crippen molar-refractivity contribution < 1.29 is 4.74 Å². The average molecular weight is 358 g/mol. The summed E-state index contributed by atoms with van der Waals surface area (Å²) in [5.41, 5.74) is 4.66. The monoisotopic (exact) mass is 357 g/mol. The molecule has 0 aliphatic heterocycles. The Morgan fingerprint density at radius 2 is 1.84 bits per heavy atom. The van der Waals surface area contributed by atoms with Gasteiger partial charge in [0.15, 0.2) is 5.11 Å². The Morgan fingerprint density at radius 1 is 1.20 bits per heavy atom. The molecule has 1 heterocycles. The van der Waals surface area contributed by atoms with Crippen LogP contribution in [0.5, 0.6) is 0 Å². The second-order valence-corrected chi connectivity index (χ2v) is 6.69. The van der Waals surface area contributed by atoms with E-state index in [9.17, 15) is 0 Å². The van der Waals surface area contributed by atoms with Gasteiger partial charge in [-0.25, -0.2) is 0 Å². The van der Waals surface area contributed by atoms with E-state index in [-0.39, 0.29) is 6.04 Å². The highest BCUT2D eigenvalue weighted by atomic mass is 32.1. The first-order chi connectivity index (χ1) is 12.0. The van der Waals surface area contributed by atoms with E-state index < -0.39 is 0 Å². The maximum absolute atomic E-state index is 5.73. The summed E-state index contributed by atoms with van der Waals surface area (Å²) < 4.78 is 5.21. The molecular formula is C20H27N3OS. The molecule has 0 aliphatic rings. The number of rotatable bonds is 7. The zero-order valence-corrected chi connectivity index (χ0v) is 16.3. The minimum absolute atomic E-state index is 0.158. The quantitative estimate of drug-likeness (QED) is 0.583. The molecule has 0 saturated carbocycles. The van der Waals surface area contributed by atoms with Crippen molar-refractivity contribution in [2.24, 2.45) is 0 Å². The third-order valence-corrected chi connectivity index (χ3v) is 4.47. The number of thiocarbonyl (C=S) groups is 1. The summed E-state index contributed by atoms with van der Waals surface area (Å²) >= 11 is 5.73. The fourth-order valence-electron chi connectivity index (χ4n) is 2.91. The summed E-state index contributed by atoms with van der Waals surface area (Å²) in [6.07, 6.45) is 4.56. The Bertz CT molecular complexity index is 670. The lowest BCUT2D eigenvalue weighted by atomic mass is 10.1. The van der Waals surface area contributed by atoms with Crippen LogP contribution in [0.2, 0.25) is 0 Å². The molecule has 0 saturated heterocycles. The van der Waals surface area contributed by atoms with Gasteiger partial charge in [-0.1, -0.05) is 6.07 Å². The third kappa shape index (κ3) is 5.80. The van der Waals surface area contributed by atoms with Crippen LogP contribution in [0.4, 0.5) is 5.69 Å². The van der Waals surface area contributed by atoms with Crippen molar-refractivity contribution in [3.05, 3.63) is 59.4 Å². The van der Waals surface area contributed by atoms with Crippen LogP contribution in [-0.4, -0.2) is 35.3 Å². The number of aryl methyl sites for hydroxylation is 2. The van der Waals surface area contributed by atoms with E-state index in [1.54, 1.807) is 7.11 Å². The van der Waals surface area contributed by atoms with E-state index in [2.05, 4.69) is 54.2 Å². The van der Waals surface area contributed by atoms with Crippen LogP contribution >= 0.6 is 12.2 Å². The number of benzene rings is 1. The van der Waals surface area contributed by atoms with Crippen molar-refractivity contribution >= 4 is 23.0 Å². The zero-order valence-electron chi connectivity index (χ0n) is 15.5. The van der Waals surface area contributed by atoms with Gasteiger partial charge in [-0.15, -0.1) is 0 Å². The molecule has 4 nitrogen and oxygen atoms in total. The first-order valence-electron chi connectivity index (χ1n) is 8.56. The third-order valence-electron chi connectivity index (χ3n) is 4.14. The van der Waals surface area contributed by atoms with Crippen LogP contribution in [0.1, 0.15) is 36.1 Å². The molecule has 0 aliphatic carbocycles. The van der Waals surface area contributed by atoms with E-state index in [1.165, 1.54) is 16.7 Å². The number of aromatic nitrogens is 1. The molecule has 0 unspecified atom stereocenters. The lowest BCUT2D eigenvalue weighted by Crippen LogP contribution is -2.38. The molecule has 1 aromatic heterocycles. The van der Waals surface area contributed by atoms with E-state index in [4.69, 9.17) is 17.0 Å². The molecule has 25 heavy (non-hydrogen) atoms. The van der Waals surface area contributed by atoms with E-state index >= 15 is 0 Å². The molecule has 0 spiro atoms. The number of hydrogen-bond donors (Lipinski definition) is 1. The van der Waals surface area contributed by atoms with Gasteiger partial charge in [0.25, 0.3) is 0 Å². The molecular weight excluding hydrogens is 330 g/mol. The Hall–Kier alpha value is -1.98. The second-order valence-electron chi connectivity index (χ2n) is 6.30. The van der Waals surface area contributed by atoms with E-state index in [0.29, 0.717) is 6.61 Å². The van der Waals surface area contributed by atoms with Crippen LogP contribution in [0.3, 0.4) is 0 Å². The number of hydrogen-bond acceptors (Lipinski definition) is 3. The molecule has 0 bridgehead atoms. The first-order valence-corrected chi connectivity index (χ1v) is 8.97. The number of ether oxygens (including phenoxy) is 1. The minimum atomic E-state index is 0.158. The molecule has 2 rings (SSSR count). The number of nitrogens with zero attached hydrogens (tertiary/aromatic N) is 2. The summed E-state index contributed by atoms with van der Waals surface area (Å²) in [7, 11) is 1.72. The van der Waals surface area contributed by atoms with Gasteiger partial charge < -0.3 is 15.0 Å². The fourth-order valence-corrected chi connectivity index (χ4v) is 3.28. The SMILES string of the molecule is COCCCN(C(=S)Nc1cc(C)cc(C)c1)[C@H](C)c1ccncc1. The predicted octanol–water partition coefficient (Wildman–Crippen LogP) is 4.49. The van der Waals surface area contributed by atoms with Gasteiger partial charge in [0.1, 0.15) is 0 Å². The first kappa shape index (κ1) is 19.3. The predicted molar refractivity (Wildman–Crippen MR) is 108 cm³/mol. The lowest BCUT2D eigenvalue weighted by Gasteiger charge is -2.32. The number of anilines is 1. The molecule has 0 fully saturated rings. The molecule has 5 heteroatoms. The zero-order chi connectivity index (χ0) is 18.2. The maximum Gasteiger partial charge on any atom is 0.173 e. The Balaban J connectivity index is 2.17. The second kappa shape index (κ2) is 9.49. The largest absolute Gasteiger partial charge is 0.385 e. The topological polar surface area (TPSA) is 37.4 Å². The normalized spacial score (nSPS) is 11.8. The molecule has 1 aromatic carbocycles. The van der Waals surface area contributed by atoms with Gasteiger partial charge in [-0.05, 0) is 80.4 Å². The highest BCUT2D eigenvalue weighted by Gasteiger charge is 2.18. The molecule has 1 atom stereocenters. The lowest BCUT2D eigenvalue weighted by molar-refractivity contribution is 0.181. The van der Waals surface area contributed by atoms with Gasteiger partial charge in [0.05, 0.1) is 6.04 Å². The van der Waals surface area contributed by atoms with Crippen LogP contribution in [-0.2, 0) is 4.74 Å². The number of pyridine rings is 1. The van der Waals surface area contributed by atoms with Crippen LogP contribution in [0, 0.1) is 13.8 Å². The summed E-state index contributed by atoms with van der Waals surface area (Å²) in [6.45, 7) is 7.89. The number of nitrogens with one attached hydrogen (secondary N) is 1. The Morgan fingerprint density at radius 3 is 2.44 bits per heavy atom. The molecule has 0 radical (unpaired) electrons. The number of methoxy groups -OCH3 is 1. The summed E-state index contributed by atoms with van der Waals surface area (Å²) in [6, 6.07) is 10.6. The average Bonchev–Trinajstić information content (AvgIpc) is 2.58. The van der Waals surface area contributed by atoms with Crippen molar-refractivity contribution in [1.82, 2.24) is 9.88 Å². The van der Waals surface area contributed by atoms with Crippen LogP contribution in [0.15, 0.2) is 42.7 Å². The van der Waals surface area contributed by atoms with E-state index in [0.717, 1.165) is 23.8 Å². The molecule has 0 amide bonds. The standard InChI is InChI=1S/C20H27N3OS/c1-15-12-16(2)14-19(13-15)22-20(25)23(10-5-11-24-4)17(3)18-6-8-21-9-7-18/h6-9,12-14,17H,5,10-11H2,1-4H3,(H,22,25)/t17-/m1/s1. The van der Waals surface area contributed by atoms with Gasteiger partial charge >= 0.3 is 0 Å². The highest BCUT2D eigenvalue weighted by molar-refractivity contribution is 7.80. The molecule has 1 N–H and O–H groups in total. The highest BCUT2D eigenvalue weighted by Crippen LogP contribution is 2.22. The van der Waals surface area contributed by atoms with Crippen molar-refractivity contribution in [2.75, 3.05) is 25.6 Å². The van der Waals surface area contributed by atoms with Crippen LogP contribution < -0.4 is 5.32 Å². The molecule has 2 aromatic rings. The maximum atomic E-state index is 5.73. The van der Waals surface area contributed by atoms with E-state index in [1.807, 2.05) is 24.5 Å². The van der Waals surface area contributed by atoms with Gasteiger partial charge in [-0.2, -0.15) is 0 Å². The summed E-state index contributed by atoms with van der Waals surface area (Å²) in [5.74, 6) is 0. The van der Waals surface area contributed by atoms with Crippen molar-refractivity contribution in [3.8, 4) is 0 Å². The van der Waals surface area contributed by atoms with Crippen LogP contribution in [0.25, 0.3) is 0 Å². The van der Waals surface area contributed by atoms with Gasteiger partial charge in [-0.3, -0.25) is 4.98 Å². The Labute approximate surface area is 156 Å². The summed E-state index contributed by atoms with van der Waals surface area (Å²) in [4.78, 5) is 6.32. The van der Waals surface area contributed by atoms with Crippen molar-refractivity contribution in [3.63, 3.8) is 0 Å². The van der Waals surface area contributed by atoms with Gasteiger partial charge in [0.2, 0.25) is 0 Å².